The summed E-state index contributed by atoms with van der Waals surface area (Å²) in [5.41, 5.74) is 3.29. The minimum Gasteiger partial charge on any atom is -0.497 e. The summed E-state index contributed by atoms with van der Waals surface area (Å²) < 4.78 is 5.23. The van der Waals surface area contributed by atoms with E-state index in [1.807, 2.05) is 37.3 Å². The zero-order chi connectivity index (χ0) is 20.1. The smallest absolute Gasteiger partial charge is 0.241 e. The molecule has 0 bridgehead atoms. The molecule has 5 nitrogen and oxygen atoms in total. The van der Waals surface area contributed by atoms with Crippen LogP contribution in [-0.2, 0) is 4.79 Å². The van der Waals surface area contributed by atoms with Gasteiger partial charge in [-0.25, -0.2) is 0 Å². The summed E-state index contributed by atoms with van der Waals surface area (Å²) in [7, 11) is 1.68. The molecule has 1 heterocycles. The average molecular weight is 382 g/mol. The Kier molecular flexibility index (Phi) is 6.57. The Morgan fingerprint density at radius 2 is 1.61 bits per heavy atom. The lowest BCUT2D eigenvalue weighted by Gasteiger charge is -2.38. The van der Waals surface area contributed by atoms with Gasteiger partial charge in [0, 0.05) is 37.6 Å². The zero-order valence-corrected chi connectivity index (χ0v) is 17.3. The van der Waals surface area contributed by atoms with Crippen LogP contribution in [0.25, 0.3) is 0 Å². The van der Waals surface area contributed by atoms with Crippen molar-refractivity contribution in [3.63, 3.8) is 0 Å². The largest absolute Gasteiger partial charge is 0.497 e. The van der Waals surface area contributed by atoms with Crippen LogP contribution in [-0.4, -0.2) is 50.1 Å². The van der Waals surface area contributed by atoms with Gasteiger partial charge in [0.2, 0.25) is 5.91 Å². The highest BCUT2D eigenvalue weighted by Crippen LogP contribution is 2.25. The Morgan fingerprint density at radius 1 is 0.964 bits per heavy atom. The summed E-state index contributed by atoms with van der Waals surface area (Å²) in [4.78, 5) is 17.4. The van der Waals surface area contributed by atoms with Gasteiger partial charge in [0.15, 0.2) is 0 Å². The first kappa shape index (κ1) is 20.2. The molecule has 2 aromatic carbocycles. The molecule has 0 radical (unpaired) electrons. The maximum atomic E-state index is 12.8. The number of hydrogen-bond acceptors (Lipinski definition) is 4. The van der Waals surface area contributed by atoms with E-state index < -0.39 is 0 Å². The first-order chi connectivity index (χ1) is 13.5. The van der Waals surface area contributed by atoms with E-state index in [1.54, 1.807) is 7.11 Å². The average Bonchev–Trinajstić information content (AvgIpc) is 2.73. The fraction of sp³-hybridized carbons (Fsp3) is 0.435. The van der Waals surface area contributed by atoms with E-state index in [2.05, 4.69) is 47.2 Å². The van der Waals surface area contributed by atoms with E-state index in [0.29, 0.717) is 5.92 Å². The topological polar surface area (TPSA) is 44.8 Å². The summed E-state index contributed by atoms with van der Waals surface area (Å²) in [6, 6.07) is 16.1. The molecule has 1 aliphatic rings. The molecule has 1 saturated heterocycles. The predicted octanol–water partition coefficient (Wildman–Crippen LogP) is 3.97. The van der Waals surface area contributed by atoms with Gasteiger partial charge in [-0.15, -0.1) is 0 Å². The molecule has 28 heavy (non-hydrogen) atoms. The van der Waals surface area contributed by atoms with Gasteiger partial charge >= 0.3 is 0 Å². The van der Waals surface area contributed by atoms with E-state index >= 15 is 0 Å². The quantitative estimate of drug-likeness (QED) is 0.822. The summed E-state index contributed by atoms with van der Waals surface area (Å²) in [6.45, 7) is 9.84. The second-order valence-electron chi connectivity index (χ2n) is 7.63. The summed E-state index contributed by atoms with van der Waals surface area (Å²) >= 11 is 0. The highest BCUT2D eigenvalue weighted by molar-refractivity contribution is 5.95. The molecular weight excluding hydrogens is 350 g/mol. The van der Waals surface area contributed by atoms with Crippen molar-refractivity contribution >= 4 is 17.3 Å². The molecule has 0 aliphatic carbocycles. The standard InChI is InChI=1S/C23H31N3O2/c1-17(2)21-7-5-6-8-22(21)24-23(27)18(3)25-13-15-26(16-14-25)19-9-11-20(28-4)12-10-19/h5-12,17-18H,13-16H2,1-4H3,(H,24,27)/t18-/m1/s1. The van der Waals surface area contributed by atoms with Crippen LogP contribution in [0.15, 0.2) is 48.5 Å². The Labute approximate surface area is 168 Å². The SMILES string of the molecule is COc1ccc(N2CCN([C@H](C)C(=O)Nc3ccccc3C(C)C)CC2)cc1. The Bertz CT molecular complexity index is 781. The normalized spacial score (nSPS) is 16.1. The van der Waals surface area contributed by atoms with Gasteiger partial charge in [0.1, 0.15) is 5.75 Å². The second-order valence-corrected chi connectivity index (χ2v) is 7.63. The van der Waals surface area contributed by atoms with Crippen LogP contribution in [0.5, 0.6) is 5.75 Å². The number of carbonyl (C=O) groups is 1. The van der Waals surface area contributed by atoms with E-state index in [4.69, 9.17) is 4.74 Å². The number of rotatable bonds is 6. The lowest BCUT2D eigenvalue weighted by atomic mass is 10.0. The molecule has 1 N–H and O–H groups in total. The number of nitrogens with zero attached hydrogens (tertiary/aromatic N) is 2. The minimum atomic E-state index is -0.154. The van der Waals surface area contributed by atoms with E-state index in [1.165, 1.54) is 11.3 Å². The third-order valence-corrected chi connectivity index (χ3v) is 5.52. The molecule has 0 aromatic heterocycles. The van der Waals surface area contributed by atoms with Crippen LogP contribution in [0.1, 0.15) is 32.3 Å². The highest BCUT2D eigenvalue weighted by Gasteiger charge is 2.26. The molecule has 1 amide bonds. The molecule has 3 rings (SSSR count). The van der Waals surface area contributed by atoms with Crippen molar-refractivity contribution in [2.24, 2.45) is 0 Å². The van der Waals surface area contributed by atoms with Crippen LogP contribution >= 0.6 is 0 Å². The number of piperazine rings is 1. The van der Waals surface area contributed by atoms with Crippen LogP contribution in [0.3, 0.4) is 0 Å². The number of carbonyl (C=O) groups excluding carboxylic acids is 1. The monoisotopic (exact) mass is 381 g/mol. The van der Waals surface area contributed by atoms with E-state index in [0.717, 1.165) is 37.6 Å². The molecule has 1 atom stereocenters. The van der Waals surface area contributed by atoms with Crippen LogP contribution in [0.4, 0.5) is 11.4 Å². The van der Waals surface area contributed by atoms with Gasteiger partial charge in [-0.1, -0.05) is 32.0 Å². The van der Waals surface area contributed by atoms with Gasteiger partial charge in [-0.05, 0) is 48.7 Å². The van der Waals surface area contributed by atoms with Gasteiger partial charge in [0.05, 0.1) is 13.2 Å². The Morgan fingerprint density at radius 3 is 2.21 bits per heavy atom. The molecule has 5 heteroatoms. The number of ether oxygens (including phenoxy) is 1. The Balaban J connectivity index is 1.57. The van der Waals surface area contributed by atoms with Gasteiger partial charge < -0.3 is 15.0 Å². The number of para-hydroxylation sites is 1. The number of amides is 1. The first-order valence-corrected chi connectivity index (χ1v) is 10.0. The van der Waals surface area contributed by atoms with Gasteiger partial charge in [-0.3, -0.25) is 9.69 Å². The van der Waals surface area contributed by atoms with Crippen LogP contribution in [0, 0.1) is 0 Å². The van der Waals surface area contributed by atoms with Gasteiger partial charge in [-0.2, -0.15) is 0 Å². The molecule has 150 valence electrons. The Hall–Kier alpha value is -2.53. The van der Waals surface area contributed by atoms with E-state index in [-0.39, 0.29) is 11.9 Å². The van der Waals surface area contributed by atoms with Crippen molar-refractivity contribution in [2.45, 2.75) is 32.7 Å². The maximum absolute atomic E-state index is 12.8. The lowest BCUT2D eigenvalue weighted by Crippen LogP contribution is -2.52. The fourth-order valence-corrected chi connectivity index (χ4v) is 3.68. The number of anilines is 2. The van der Waals surface area contributed by atoms with Crippen molar-refractivity contribution < 1.29 is 9.53 Å². The van der Waals surface area contributed by atoms with Crippen LogP contribution < -0.4 is 15.0 Å². The summed E-state index contributed by atoms with van der Waals surface area (Å²) in [6.07, 6.45) is 0. The molecule has 1 fully saturated rings. The van der Waals surface area contributed by atoms with Crippen molar-refractivity contribution in [3.8, 4) is 5.75 Å². The predicted molar refractivity (Wildman–Crippen MR) is 115 cm³/mol. The summed E-state index contributed by atoms with van der Waals surface area (Å²) in [5.74, 6) is 1.31. The van der Waals surface area contributed by atoms with Crippen molar-refractivity contribution in [2.75, 3.05) is 43.5 Å². The second kappa shape index (κ2) is 9.11. The molecule has 2 aromatic rings. The summed E-state index contributed by atoms with van der Waals surface area (Å²) in [5, 5.41) is 3.14. The van der Waals surface area contributed by atoms with Gasteiger partial charge in [0.25, 0.3) is 0 Å². The van der Waals surface area contributed by atoms with Crippen molar-refractivity contribution in [1.29, 1.82) is 0 Å². The van der Waals surface area contributed by atoms with Crippen LogP contribution in [0.2, 0.25) is 0 Å². The molecule has 1 aliphatic heterocycles. The number of nitrogens with one attached hydrogen (secondary N) is 1. The number of benzene rings is 2. The highest BCUT2D eigenvalue weighted by atomic mass is 16.5. The van der Waals surface area contributed by atoms with Crippen molar-refractivity contribution in [3.05, 3.63) is 54.1 Å². The zero-order valence-electron chi connectivity index (χ0n) is 17.3. The molecule has 0 spiro atoms. The third kappa shape index (κ3) is 4.65. The molecule has 0 unspecified atom stereocenters. The number of methoxy groups -OCH3 is 1. The number of hydrogen-bond donors (Lipinski definition) is 1. The van der Waals surface area contributed by atoms with Crippen molar-refractivity contribution in [1.82, 2.24) is 4.90 Å². The molecule has 0 saturated carbocycles. The molecular formula is C23H31N3O2. The minimum absolute atomic E-state index is 0.0611. The van der Waals surface area contributed by atoms with E-state index in [9.17, 15) is 4.79 Å². The lowest BCUT2D eigenvalue weighted by molar-refractivity contribution is -0.120. The first-order valence-electron chi connectivity index (χ1n) is 10.0. The maximum Gasteiger partial charge on any atom is 0.241 e. The fourth-order valence-electron chi connectivity index (χ4n) is 3.68. The third-order valence-electron chi connectivity index (χ3n) is 5.52.